The zero-order valence-corrected chi connectivity index (χ0v) is 14.3. The summed E-state index contributed by atoms with van der Waals surface area (Å²) in [5, 5.41) is 0. The van der Waals surface area contributed by atoms with E-state index in [4.69, 9.17) is 4.74 Å². The van der Waals surface area contributed by atoms with Gasteiger partial charge in [-0.25, -0.2) is 0 Å². The van der Waals surface area contributed by atoms with Gasteiger partial charge in [-0.1, -0.05) is 26.0 Å². The minimum Gasteiger partial charge on any atom is -0.381 e. The van der Waals surface area contributed by atoms with E-state index < -0.39 is 0 Å². The molecule has 4 rings (SSSR count). The van der Waals surface area contributed by atoms with Crippen molar-refractivity contribution in [2.75, 3.05) is 7.11 Å². The Balaban J connectivity index is 1.75. The second-order valence-electron chi connectivity index (χ2n) is 8.85. The third-order valence-corrected chi connectivity index (χ3v) is 8.13. The average molecular weight is 302 g/mol. The van der Waals surface area contributed by atoms with Crippen LogP contribution in [0.3, 0.4) is 0 Å². The molecule has 0 radical (unpaired) electrons. The van der Waals surface area contributed by atoms with Crippen molar-refractivity contribution in [3.63, 3.8) is 0 Å². The number of rotatable bonds is 1. The Kier molecular flexibility index (Phi) is 3.35. The number of hydrogen-bond donors (Lipinski definition) is 0. The molecule has 0 N–H and O–H groups in total. The quantitative estimate of drug-likeness (QED) is 0.672. The standard InChI is InChI=1S/C20H30O2/c1-19-11-5-4-6-13(19)7-8-14-15-9-10-17(21)20(15,2)12-16(22-3)18(14)19/h4-5,13-16,18H,6-12H2,1-3H3/t13?,14-,15-,16-,18+,19-,20-/m0/s1. The number of methoxy groups -OCH3 is 1. The molecule has 1 unspecified atom stereocenters. The number of hydrogen-bond acceptors (Lipinski definition) is 2. The maximum Gasteiger partial charge on any atom is 0.139 e. The van der Waals surface area contributed by atoms with Gasteiger partial charge in [-0.3, -0.25) is 4.79 Å². The molecule has 2 nitrogen and oxygen atoms in total. The molecule has 0 aromatic carbocycles. The minimum absolute atomic E-state index is 0.102. The monoisotopic (exact) mass is 302 g/mol. The second kappa shape index (κ2) is 4.93. The van der Waals surface area contributed by atoms with Crippen LogP contribution in [0, 0.1) is 34.5 Å². The van der Waals surface area contributed by atoms with Crippen LogP contribution in [0.1, 0.15) is 58.8 Å². The summed E-state index contributed by atoms with van der Waals surface area (Å²) in [6.45, 7) is 4.76. The lowest BCUT2D eigenvalue weighted by Gasteiger charge is -2.60. The van der Waals surface area contributed by atoms with Gasteiger partial charge in [-0.05, 0) is 67.6 Å². The fourth-order valence-corrected chi connectivity index (χ4v) is 6.93. The van der Waals surface area contributed by atoms with Crippen molar-refractivity contribution in [1.82, 2.24) is 0 Å². The molecule has 0 bridgehead atoms. The van der Waals surface area contributed by atoms with E-state index in [0.29, 0.717) is 29.0 Å². The van der Waals surface area contributed by atoms with Crippen LogP contribution < -0.4 is 0 Å². The number of fused-ring (bicyclic) bond motifs is 5. The zero-order valence-electron chi connectivity index (χ0n) is 14.3. The van der Waals surface area contributed by atoms with Crippen molar-refractivity contribution in [3.05, 3.63) is 12.2 Å². The van der Waals surface area contributed by atoms with E-state index in [1.807, 2.05) is 7.11 Å². The molecule has 4 aliphatic carbocycles. The molecule has 0 amide bonds. The molecular weight excluding hydrogens is 272 g/mol. The van der Waals surface area contributed by atoms with E-state index in [9.17, 15) is 4.79 Å². The maximum atomic E-state index is 12.6. The van der Waals surface area contributed by atoms with Crippen LogP contribution in [-0.4, -0.2) is 19.0 Å². The first-order valence-corrected chi connectivity index (χ1v) is 9.22. The van der Waals surface area contributed by atoms with Crippen molar-refractivity contribution in [2.24, 2.45) is 34.5 Å². The van der Waals surface area contributed by atoms with Crippen molar-refractivity contribution >= 4 is 5.78 Å². The molecule has 0 saturated heterocycles. The van der Waals surface area contributed by atoms with Crippen LogP contribution in [0.25, 0.3) is 0 Å². The summed E-state index contributed by atoms with van der Waals surface area (Å²) >= 11 is 0. The number of carbonyl (C=O) groups excluding carboxylic acids is 1. The Hall–Kier alpha value is -0.630. The average Bonchev–Trinajstić information content (AvgIpc) is 2.81. The zero-order chi connectivity index (χ0) is 15.5. The van der Waals surface area contributed by atoms with Gasteiger partial charge in [0.05, 0.1) is 6.10 Å². The van der Waals surface area contributed by atoms with Gasteiger partial charge in [0.15, 0.2) is 0 Å². The number of Topliss-reactive ketones (excluding diaryl/α,β-unsaturated/α-hetero) is 1. The third-order valence-electron chi connectivity index (χ3n) is 8.13. The first-order valence-electron chi connectivity index (χ1n) is 9.22. The summed E-state index contributed by atoms with van der Waals surface area (Å²) in [4.78, 5) is 12.6. The van der Waals surface area contributed by atoms with Gasteiger partial charge in [0.2, 0.25) is 0 Å². The molecule has 0 aromatic heterocycles. The number of carbonyl (C=O) groups is 1. The van der Waals surface area contributed by atoms with E-state index in [0.717, 1.165) is 25.2 Å². The molecule has 0 aromatic rings. The van der Waals surface area contributed by atoms with E-state index in [1.54, 1.807) is 0 Å². The number of allylic oxidation sites excluding steroid dienone is 2. The summed E-state index contributed by atoms with van der Waals surface area (Å²) in [5.74, 6) is 3.28. The molecule has 2 heteroatoms. The first-order chi connectivity index (χ1) is 10.5. The van der Waals surface area contributed by atoms with Crippen molar-refractivity contribution in [2.45, 2.75) is 64.9 Å². The molecule has 0 spiro atoms. The minimum atomic E-state index is -0.102. The van der Waals surface area contributed by atoms with Gasteiger partial charge in [-0.2, -0.15) is 0 Å². The topological polar surface area (TPSA) is 26.3 Å². The van der Waals surface area contributed by atoms with Crippen LogP contribution in [0.5, 0.6) is 0 Å². The summed E-state index contributed by atoms with van der Waals surface area (Å²) < 4.78 is 6.02. The molecule has 3 saturated carbocycles. The predicted octanol–water partition coefficient (Wildman–Crippen LogP) is 4.39. The normalized spacial score (nSPS) is 53.8. The fraction of sp³-hybridized carbons (Fsp3) is 0.850. The van der Waals surface area contributed by atoms with E-state index >= 15 is 0 Å². The Labute approximate surface area is 134 Å². The van der Waals surface area contributed by atoms with Crippen LogP contribution >= 0.6 is 0 Å². The molecule has 22 heavy (non-hydrogen) atoms. The SMILES string of the molecule is CO[C@H]1C[C@]2(C)C(=O)CC[C@H]2[C@@H]2CCC3CC=CC[C@]3(C)[C@H]21. The van der Waals surface area contributed by atoms with Gasteiger partial charge >= 0.3 is 0 Å². The van der Waals surface area contributed by atoms with Crippen LogP contribution in [0.2, 0.25) is 0 Å². The highest BCUT2D eigenvalue weighted by molar-refractivity contribution is 5.87. The lowest BCUT2D eigenvalue weighted by Crippen LogP contribution is -2.58. The van der Waals surface area contributed by atoms with Gasteiger partial charge in [0.25, 0.3) is 0 Å². The summed E-state index contributed by atoms with van der Waals surface area (Å²) in [6, 6.07) is 0. The largest absolute Gasteiger partial charge is 0.381 e. The Morgan fingerprint density at radius 1 is 1.18 bits per heavy atom. The highest BCUT2D eigenvalue weighted by Crippen LogP contribution is 2.65. The maximum absolute atomic E-state index is 12.6. The smallest absolute Gasteiger partial charge is 0.139 e. The van der Waals surface area contributed by atoms with Crippen molar-refractivity contribution < 1.29 is 9.53 Å². The second-order valence-corrected chi connectivity index (χ2v) is 8.85. The van der Waals surface area contributed by atoms with Crippen LogP contribution in [-0.2, 0) is 9.53 Å². The highest BCUT2D eigenvalue weighted by Gasteiger charge is 2.62. The lowest BCUT2D eigenvalue weighted by molar-refractivity contribution is -0.169. The van der Waals surface area contributed by atoms with Crippen LogP contribution in [0.15, 0.2) is 12.2 Å². The Morgan fingerprint density at radius 2 is 2.00 bits per heavy atom. The molecule has 3 fully saturated rings. The molecule has 122 valence electrons. The van der Waals surface area contributed by atoms with Gasteiger partial charge in [0, 0.05) is 18.9 Å². The highest BCUT2D eigenvalue weighted by atomic mass is 16.5. The predicted molar refractivity (Wildman–Crippen MR) is 87.4 cm³/mol. The van der Waals surface area contributed by atoms with Crippen molar-refractivity contribution in [3.8, 4) is 0 Å². The Morgan fingerprint density at radius 3 is 2.77 bits per heavy atom. The molecule has 7 atom stereocenters. The van der Waals surface area contributed by atoms with Gasteiger partial charge < -0.3 is 4.74 Å². The van der Waals surface area contributed by atoms with Gasteiger partial charge in [0.1, 0.15) is 5.78 Å². The summed E-state index contributed by atoms with van der Waals surface area (Å²) in [7, 11) is 1.87. The lowest BCUT2D eigenvalue weighted by atomic mass is 9.45. The fourth-order valence-electron chi connectivity index (χ4n) is 6.93. The first kappa shape index (κ1) is 14.9. The number of ketones is 1. The third kappa shape index (κ3) is 1.79. The summed E-state index contributed by atoms with van der Waals surface area (Å²) in [5.41, 5.74) is 0.279. The van der Waals surface area contributed by atoms with E-state index in [-0.39, 0.29) is 11.5 Å². The van der Waals surface area contributed by atoms with E-state index in [2.05, 4.69) is 26.0 Å². The molecule has 0 heterocycles. The Bertz CT molecular complexity index is 510. The number of ether oxygens (including phenoxy) is 1. The molecule has 0 aliphatic heterocycles. The molecular formula is C20H30O2. The van der Waals surface area contributed by atoms with Crippen molar-refractivity contribution in [1.29, 1.82) is 0 Å². The summed E-state index contributed by atoms with van der Waals surface area (Å²) in [6.07, 6.45) is 13.1. The van der Waals surface area contributed by atoms with Crippen LogP contribution in [0.4, 0.5) is 0 Å². The van der Waals surface area contributed by atoms with E-state index in [1.165, 1.54) is 25.7 Å². The van der Waals surface area contributed by atoms with Gasteiger partial charge in [-0.15, -0.1) is 0 Å². The molecule has 4 aliphatic rings.